The standard InChI is InChI=1S/C25H21F3N2O3/c1-15-24(22(32)10-17(13-31)16-6-3-2-4-7-16)30-9-5-8-23(25(30)29-15)33-14-19-20(27)11-18(26)12-21(19)28/h2-9,11-12,17,31H,10,13-14H2,1H3/t17-/m0/s1. The first-order valence-corrected chi connectivity index (χ1v) is 10.3. The molecule has 0 saturated heterocycles. The second-order valence-corrected chi connectivity index (χ2v) is 7.67. The second kappa shape index (κ2) is 9.46. The number of imidazole rings is 1. The van der Waals surface area contributed by atoms with Crippen molar-refractivity contribution in [3.63, 3.8) is 0 Å². The lowest BCUT2D eigenvalue weighted by atomic mass is 9.93. The van der Waals surface area contributed by atoms with E-state index in [-0.39, 0.29) is 30.5 Å². The first-order valence-electron chi connectivity index (χ1n) is 10.3. The second-order valence-electron chi connectivity index (χ2n) is 7.67. The summed E-state index contributed by atoms with van der Waals surface area (Å²) in [7, 11) is 0. The lowest BCUT2D eigenvalue weighted by molar-refractivity contribution is 0.0953. The average molecular weight is 454 g/mol. The van der Waals surface area contributed by atoms with Crippen LogP contribution in [0.3, 0.4) is 0 Å². The molecular weight excluding hydrogens is 433 g/mol. The summed E-state index contributed by atoms with van der Waals surface area (Å²) in [4.78, 5) is 17.6. The normalized spacial score (nSPS) is 12.2. The summed E-state index contributed by atoms with van der Waals surface area (Å²) in [6.07, 6.45) is 1.72. The highest BCUT2D eigenvalue weighted by Crippen LogP contribution is 2.27. The van der Waals surface area contributed by atoms with Gasteiger partial charge in [-0.3, -0.25) is 9.20 Å². The van der Waals surface area contributed by atoms with Crippen LogP contribution in [0.2, 0.25) is 0 Å². The molecule has 170 valence electrons. The summed E-state index contributed by atoms with van der Waals surface area (Å²) in [5.74, 6) is -3.48. The van der Waals surface area contributed by atoms with Crippen molar-refractivity contribution in [2.45, 2.75) is 25.9 Å². The number of fused-ring (bicyclic) bond motifs is 1. The fraction of sp³-hybridized carbons (Fsp3) is 0.200. The number of aliphatic hydroxyl groups is 1. The van der Waals surface area contributed by atoms with Crippen LogP contribution in [0.25, 0.3) is 5.65 Å². The molecule has 1 atom stereocenters. The van der Waals surface area contributed by atoms with Crippen LogP contribution >= 0.6 is 0 Å². The Kier molecular flexibility index (Phi) is 6.46. The number of aryl methyl sites for hydroxylation is 1. The smallest absolute Gasteiger partial charge is 0.182 e. The van der Waals surface area contributed by atoms with Gasteiger partial charge in [-0.15, -0.1) is 0 Å². The zero-order valence-electron chi connectivity index (χ0n) is 17.8. The molecule has 0 bridgehead atoms. The van der Waals surface area contributed by atoms with E-state index in [0.717, 1.165) is 5.56 Å². The molecule has 5 nitrogen and oxygen atoms in total. The number of ketones is 1. The van der Waals surface area contributed by atoms with Gasteiger partial charge >= 0.3 is 0 Å². The predicted octanol–water partition coefficient (Wildman–Crippen LogP) is 4.99. The summed E-state index contributed by atoms with van der Waals surface area (Å²) >= 11 is 0. The highest BCUT2D eigenvalue weighted by atomic mass is 19.1. The van der Waals surface area contributed by atoms with Gasteiger partial charge in [-0.25, -0.2) is 18.2 Å². The Labute approximate surface area is 188 Å². The van der Waals surface area contributed by atoms with E-state index in [9.17, 15) is 23.1 Å². The van der Waals surface area contributed by atoms with Gasteiger partial charge in [0.1, 0.15) is 29.8 Å². The Balaban J connectivity index is 1.61. The SMILES string of the molecule is Cc1nc2c(OCc3c(F)cc(F)cc3F)cccn2c1C(=O)C[C@@H](CO)c1ccccc1. The molecule has 2 aromatic heterocycles. The maximum atomic E-state index is 14.0. The largest absolute Gasteiger partial charge is 0.485 e. The number of Topliss-reactive ketones (excluding diaryl/α,β-unsaturated/α-hetero) is 1. The lowest BCUT2D eigenvalue weighted by Gasteiger charge is -2.14. The van der Waals surface area contributed by atoms with E-state index in [4.69, 9.17) is 4.74 Å². The van der Waals surface area contributed by atoms with E-state index in [1.807, 2.05) is 30.3 Å². The van der Waals surface area contributed by atoms with Crippen molar-refractivity contribution in [1.82, 2.24) is 9.38 Å². The van der Waals surface area contributed by atoms with Crippen molar-refractivity contribution < 1.29 is 27.8 Å². The Morgan fingerprint density at radius 1 is 1.09 bits per heavy atom. The van der Waals surface area contributed by atoms with E-state index in [1.165, 1.54) is 0 Å². The van der Waals surface area contributed by atoms with Crippen LogP contribution in [-0.4, -0.2) is 26.9 Å². The molecule has 4 rings (SSSR count). The van der Waals surface area contributed by atoms with Crippen LogP contribution in [-0.2, 0) is 6.61 Å². The third kappa shape index (κ3) is 4.61. The van der Waals surface area contributed by atoms with Gasteiger partial charge in [0.2, 0.25) is 0 Å². The molecule has 1 N–H and O–H groups in total. The molecule has 2 aromatic carbocycles. The molecule has 8 heteroatoms. The number of pyridine rings is 1. The summed E-state index contributed by atoms with van der Waals surface area (Å²) in [5, 5.41) is 9.81. The zero-order chi connectivity index (χ0) is 23.5. The summed E-state index contributed by atoms with van der Waals surface area (Å²) < 4.78 is 48.2. The summed E-state index contributed by atoms with van der Waals surface area (Å²) in [6.45, 7) is 1.02. The van der Waals surface area contributed by atoms with Gasteiger partial charge in [-0.05, 0) is 24.6 Å². The van der Waals surface area contributed by atoms with Crippen LogP contribution in [0.15, 0.2) is 60.8 Å². The minimum Gasteiger partial charge on any atom is -0.485 e. The molecule has 0 aliphatic carbocycles. The number of nitrogens with zero attached hydrogens (tertiary/aromatic N) is 2. The lowest BCUT2D eigenvalue weighted by Crippen LogP contribution is -2.13. The Morgan fingerprint density at radius 3 is 2.45 bits per heavy atom. The highest BCUT2D eigenvalue weighted by Gasteiger charge is 2.23. The van der Waals surface area contributed by atoms with Gasteiger partial charge in [0.05, 0.1) is 17.9 Å². The van der Waals surface area contributed by atoms with Crippen LogP contribution in [0.1, 0.15) is 39.6 Å². The fourth-order valence-electron chi connectivity index (χ4n) is 3.80. The van der Waals surface area contributed by atoms with Crippen molar-refractivity contribution in [3.05, 3.63) is 101 Å². The number of rotatable bonds is 8. The third-order valence-corrected chi connectivity index (χ3v) is 5.45. The van der Waals surface area contributed by atoms with Crippen molar-refractivity contribution in [3.8, 4) is 5.75 Å². The maximum absolute atomic E-state index is 14.0. The number of hydrogen-bond donors (Lipinski definition) is 1. The van der Waals surface area contributed by atoms with Crippen molar-refractivity contribution >= 4 is 11.4 Å². The number of aliphatic hydroxyl groups excluding tert-OH is 1. The number of carbonyl (C=O) groups is 1. The maximum Gasteiger partial charge on any atom is 0.182 e. The number of aromatic nitrogens is 2. The molecule has 33 heavy (non-hydrogen) atoms. The van der Waals surface area contributed by atoms with E-state index in [0.29, 0.717) is 29.2 Å². The first kappa shape index (κ1) is 22.5. The fourth-order valence-corrected chi connectivity index (χ4v) is 3.80. The first-order chi connectivity index (χ1) is 15.9. The Bertz CT molecular complexity index is 1280. The van der Waals surface area contributed by atoms with Crippen LogP contribution in [0.5, 0.6) is 5.75 Å². The molecule has 0 amide bonds. The Morgan fingerprint density at radius 2 is 1.79 bits per heavy atom. The molecule has 4 aromatic rings. The zero-order valence-corrected chi connectivity index (χ0v) is 17.8. The van der Waals surface area contributed by atoms with Crippen molar-refractivity contribution in [2.75, 3.05) is 6.61 Å². The van der Waals surface area contributed by atoms with Crippen molar-refractivity contribution in [1.29, 1.82) is 0 Å². The number of benzene rings is 2. The topological polar surface area (TPSA) is 63.8 Å². The number of carbonyl (C=O) groups excluding carboxylic acids is 1. The van der Waals surface area contributed by atoms with Gasteiger partial charge in [0, 0.05) is 30.7 Å². The molecule has 0 aliphatic rings. The van der Waals surface area contributed by atoms with E-state index in [2.05, 4.69) is 4.98 Å². The summed E-state index contributed by atoms with van der Waals surface area (Å²) in [6, 6.07) is 13.6. The van der Waals surface area contributed by atoms with Gasteiger partial charge in [-0.1, -0.05) is 30.3 Å². The van der Waals surface area contributed by atoms with Crippen LogP contribution in [0.4, 0.5) is 13.2 Å². The van der Waals surface area contributed by atoms with Crippen LogP contribution in [0, 0.1) is 24.4 Å². The average Bonchev–Trinajstić information content (AvgIpc) is 3.13. The molecule has 0 radical (unpaired) electrons. The molecule has 2 heterocycles. The molecule has 0 unspecified atom stereocenters. The molecule has 0 spiro atoms. The predicted molar refractivity (Wildman–Crippen MR) is 116 cm³/mol. The minimum absolute atomic E-state index is 0.0756. The number of ether oxygens (including phenoxy) is 1. The minimum atomic E-state index is -1.05. The molecule has 0 saturated carbocycles. The molecular formula is C25H21F3N2O3. The monoisotopic (exact) mass is 454 g/mol. The number of hydrogen-bond acceptors (Lipinski definition) is 4. The quantitative estimate of drug-likeness (QED) is 0.381. The highest BCUT2D eigenvalue weighted by molar-refractivity contribution is 5.97. The van der Waals surface area contributed by atoms with Crippen LogP contribution < -0.4 is 4.74 Å². The van der Waals surface area contributed by atoms with Crippen molar-refractivity contribution in [2.24, 2.45) is 0 Å². The third-order valence-electron chi connectivity index (χ3n) is 5.45. The van der Waals surface area contributed by atoms with E-state index in [1.54, 1.807) is 29.7 Å². The molecule has 0 fully saturated rings. The van der Waals surface area contributed by atoms with E-state index < -0.39 is 29.6 Å². The van der Waals surface area contributed by atoms with Gasteiger partial charge in [-0.2, -0.15) is 0 Å². The van der Waals surface area contributed by atoms with Gasteiger partial charge in [0.15, 0.2) is 17.2 Å². The van der Waals surface area contributed by atoms with Gasteiger partial charge in [0.25, 0.3) is 0 Å². The van der Waals surface area contributed by atoms with Gasteiger partial charge < -0.3 is 9.84 Å². The summed E-state index contributed by atoms with van der Waals surface area (Å²) in [5.41, 5.74) is 1.55. The Hall–Kier alpha value is -3.65. The number of halogens is 3. The van der Waals surface area contributed by atoms with E-state index >= 15 is 0 Å². The molecule has 0 aliphatic heterocycles.